The topological polar surface area (TPSA) is 70.1 Å². The van der Waals surface area contributed by atoms with Crippen LogP contribution in [-0.2, 0) is 9.59 Å². The maximum atomic E-state index is 13.3. The van der Waals surface area contributed by atoms with Crippen molar-refractivity contribution in [3.63, 3.8) is 0 Å². The van der Waals surface area contributed by atoms with E-state index in [0.717, 1.165) is 68.6 Å². The summed E-state index contributed by atoms with van der Waals surface area (Å²) in [5.41, 5.74) is 2.51. The van der Waals surface area contributed by atoms with Crippen molar-refractivity contribution < 1.29 is 19.4 Å². The Kier molecular flexibility index (Phi) is 10.8. The van der Waals surface area contributed by atoms with E-state index in [0.29, 0.717) is 18.7 Å². The third kappa shape index (κ3) is 7.22. The molecule has 1 amide bonds. The number of rotatable bonds is 14. The summed E-state index contributed by atoms with van der Waals surface area (Å²) < 4.78 is 5.59. The number of nitrogens with zero attached hydrogens (tertiary/aromatic N) is 2. The third-order valence-electron chi connectivity index (χ3n) is 6.90. The number of ketones is 1. The van der Waals surface area contributed by atoms with Crippen molar-refractivity contribution >= 4 is 17.4 Å². The highest BCUT2D eigenvalue weighted by Crippen LogP contribution is 2.40. The molecule has 1 unspecified atom stereocenters. The molecule has 1 atom stereocenters. The first-order valence-corrected chi connectivity index (χ1v) is 13.7. The monoisotopic (exact) mass is 506 g/mol. The number of hydrogen-bond acceptors (Lipinski definition) is 5. The molecule has 0 aromatic heterocycles. The second-order valence-corrected chi connectivity index (χ2v) is 9.76. The minimum Gasteiger partial charge on any atom is -0.507 e. The fraction of sp³-hybridized carbons (Fsp3) is 0.484. The van der Waals surface area contributed by atoms with Crippen LogP contribution < -0.4 is 4.74 Å². The third-order valence-corrected chi connectivity index (χ3v) is 6.90. The van der Waals surface area contributed by atoms with E-state index in [9.17, 15) is 14.7 Å². The molecule has 2 aromatic carbocycles. The van der Waals surface area contributed by atoms with E-state index in [1.165, 1.54) is 0 Å². The van der Waals surface area contributed by atoms with Crippen molar-refractivity contribution in [3.05, 3.63) is 70.8 Å². The van der Waals surface area contributed by atoms with Crippen LogP contribution in [0.2, 0.25) is 0 Å². The fourth-order valence-corrected chi connectivity index (χ4v) is 4.80. The largest absolute Gasteiger partial charge is 0.507 e. The molecule has 200 valence electrons. The van der Waals surface area contributed by atoms with Gasteiger partial charge in [-0.15, -0.1) is 0 Å². The zero-order valence-electron chi connectivity index (χ0n) is 22.8. The number of aliphatic hydroxyl groups is 1. The van der Waals surface area contributed by atoms with Crippen LogP contribution in [0.15, 0.2) is 54.1 Å². The van der Waals surface area contributed by atoms with E-state index in [1.54, 1.807) is 17.0 Å². The van der Waals surface area contributed by atoms with Gasteiger partial charge in [0.15, 0.2) is 0 Å². The van der Waals surface area contributed by atoms with Crippen LogP contribution in [-0.4, -0.2) is 59.4 Å². The molecule has 1 aliphatic rings. The van der Waals surface area contributed by atoms with Gasteiger partial charge < -0.3 is 19.6 Å². The van der Waals surface area contributed by atoms with Gasteiger partial charge >= 0.3 is 0 Å². The second-order valence-electron chi connectivity index (χ2n) is 9.76. The molecule has 0 spiro atoms. The summed E-state index contributed by atoms with van der Waals surface area (Å²) >= 11 is 0. The van der Waals surface area contributed by atoms with E-state index in [1.807, 2.05) is 50.2 Å². The molecule has 0 bridgehead atoms. The Morgan fingerprint density at radius 2 is 1.49 bits per heavy atom. The lowest BCUT2D eigenvalue weighted by molar-refractivity contribution is -0.140. The van der Waals surface area contributed by atoms with Gasteiger partial charge in [-0.1, -0.05) is 68.7 Å². The van der Waals surface area contributed by atoms with Crippen molar-refractivity contribution in [1.82, 2.24) is 9.80 Å². The Labute approximate surface area is 221 Å². The van der Waals surface area contributed by atoms with Crippen LogP contribution in [0.3, 0.4) is 0 Å². The molecule has 6 nitrogen and oxygen atoms in total. The van der Waals surface area contributed by atoms with Gasteiger partial charge in [-0.2, -0.15) is 0 Å². The normalized spacial score (nSPS) is 17.1. The number of aryl methyl sites for hydroxylation is 1. The van der Waals surface area contributed by atoms with Gasteiger partial charge in [-0.05, 0) is 70.4 Å². The minimum atomic E-state index is -0.642. The summed E-state index contributed by atoms with van der Waals surface area (Å²) in [7, 11) is 0. The number of likely N-dealkylation sites (tertiary alicyclic amines) is 1. The summed E-state index contributed by atoms with van der Waals surface area (Å²) in [5.74, 6) is -0.594. The number of carbonyl (C=O) groups excluding carboxylic acids is 2. The average molecular weight is 507 g/mol. The van der Waals surface area contributed by atoms with Gasteiger partial charge in [0, 0.05) is 12.1 Å². The van der Waals surface area contributed by atoms with Crippen molar-refractivity contribution in [1.29, 1.82) is 0 Å². The minimum absolute atomic E-state index is 0.132. The Hall–Kier alpha value is -3.12. The van der Waals surface area contributed by atoms with E-state index < -0.39 is 17.7 Å². The summed E-state index contributed by atoms with van der Waals surface area (Å²) in [6.07, 6.45) is 5.36. The Balaban J connectivity index is 1.92. The molecule has 1 N–H and O–H groups in total. The molecular weight excluding hydrogens is 464 g/mol. The quantitative estimate of drug-likeness (QED) is 0.190. The van der Waals surface area contributed by atoms with Crippen LogP contribution in [0.1, 0.15) is 75.6 Å². The van der Waals surface area contributed by atoms with Gasteiger partial charge in [0.05, 0.1) is 18.2 Å². The van der Waals surface area contributed by atoms with Crippen LogP contribution in [0.5, 0.6) is 5.75 Å². The summed E-state index contributed by atoms with van der Waals surface area (Å²) in [6, 6.07) is 14.2. The van der Waals surface area contributed by atoms with Crippen LogP contribution in [0.4, 0.5) is 0 Å². The first-order valence-electron chi connectivity index (χ1n) is 13.7. The number of aliphatic hydroxyl groups excluding tert-OH is 1. The highest BCUT2D eigenvalue weighted by Gasteiger charge is 2.45. The lowest BCUT2D eigenvalue weighted by Crippen LogP contribution is -2.34. The van der Waals surface area contributed by atoms with Crippen molar-refractivity contribution in [2.75, 3.05) is 32.8 Å². The summed E-state index contributed by atoms with van der Waals surface area (Å²) in [5, 5.41) is 11.2. The predicted octanol–water partition coefficient (Wildman–Crippen LogP) is 6.11. The molecule has 0 aliphatic carbocycles. The lowest BCUT2D eigenvalue weighted by atomic mass is 9.95. The second kappa shape index (κ2) is 14.0. The van der Waals surface area contributed by atoms with Crippen LogP contribution in [0, 0.1) is 6.92 Å². The molecule has 1 fully saturated rings. The highest BCUT2D eigenvalue weighted by molar-refractivity contribution is 6.46. The number of ether oxygens (including phenoxy) is 1. The van der Waals surface area contributed by atoms with E-state index >= 15 is 0 Å². The molecule has 1 aliphatic heterocycles. The molecule has 0 radical (unpaired) electrons. The zero-order chi connectivity index (χ0) is 26.8. The molecule has 3 rings (SSSR count). The highest BCUT2D eigenvalue weighted by atomic mass is 16.5. The van der Waals surface area contributed by atoms with Gasteiger partial charge in [-0.25, -0.2) is 0 Å². The number of carbonyl (C=O) groups is 2. The first-order chi connectivity index (χ1) is 17.9. The Bertz CT molecular complexity index is 1050. The van der Waals surface area contributed by atoms with Crippen molar-refractivity contribution in [2.45, 2.75) is 65.8 Å². The first kappa shape index (κ1) is 28.5. The number of benzene rings is 2. The van der Waals surface area contributed by atoms with Gasteiger partial charge in [0.1, 0.15) is 11.5 Å². The van der Waals surface area contributed by atoms with Gasteiger partial charge in [0.25, 0.3) is 11.7 Å². The molecule has 1 saturated heterocycles. The van der Waals surface area contributed by atoms with Gasteiger partial charge in [0.2, 0.25) is 0 Å². The zero-order valence-corrected chi connectivity index (χ0v) is 22.8. The Morgan fingerprint density at radius 3 is 2.05 bits per heavy atom. The summed E-state index contributed by atoms with van der Waals surface area (Å²) in [6.45, 7) is 12.2. The lowest BCUT2D eigenvalue weighted by Gasteiger charge is -2.27. The van der Waals surface area contributed by atoms with Gasteiger partial charge in [-0.3, -0.25) is 9.59 Å². The number of unbranched alkanes of at least 4 members (excludes halogenated alkanes) is 2. The average Bonchev–Trinajstić information content (AvgIpc) is 3.15. The SMILES string of the molecule is CCCCN(CCCC)CCCN1C(=O)C(=O)/C(=C(\O)c2ccc(C)cc2)C1c1ccc(OCC)cc1. The molecule has 2 aromatic rings. The molecular formula is C31H42N2O4. The standard InChI is InChI=1S/C31H42N2O4/c1-5-8-19-32(20-9-6-2)21-10-22-33-28(24-15-17-26(18-16-24)37-7-3)27(30(35)31(33)36)29(34)25-13-11-23(4)12-14-25/h11-18,28,34H,5-10,19-22H2,1-4H3/b29-27-. The maximum Gasteiger partial charge on any atom is 0.295 e. The van der Waals surface area contributed by atoms with Crippen molar-refractivity contribution in [2.24, 2.45) is 0 Å². The molecule has 1 heterocycles. The van der Waals surface area contributed by atoms with Crippen LogP contribution in [0.25, 0.3) is 5.76 Å². The number of hydrogen-bond donors (Lipinski definition) is 1. The number of amides is 1. The van der Waals surface area contributed by atoms with E-state index in [4.69, 9.17) is 4.74 Å². The van der Waals surface area contributed by atoms with E-state index in [-0.39, 0.29) is 11.3 Å². The smallest absolute Gasteiger partial charge is 0.295 e. The van der Waals surface area contributed by atoms with Crippen molar-refractivity contribution in [3.8, 4) is 5.75 Å². The Morgan fingerprint density at radius 1 is 0.892 bits per heavy atom. The fourth-order valence-electron chi connectivity index (χ4n) is 4.80. The maximum absolute atomic E-state index is 13.3. The van der Waals surface area contributed by atoms with Crippen LogP contribution >= 0.6 is 0 Å². The molecule has 0 saturated carbocycles. The molecule has 37 heavy (non-hydrogen) atoms. The predicted molar refractivity (Wildman–Crippen MR) is 149 cm³/mol. The van der Waals surface area contributed by atoms with E-state index in [2.05, 4.69) is 18.7 Å². The molecule has 6 heteroatoms. The number of Topliss-reactive ketones (excluding diaryl/α,β-unsaturated/α-hetero) is 1. The summed E-state index contributed by atoms with van der Waals surface area (Å²) in [4.78, 5) is 30.7.